The molecule has 3 aromatic carbocycles. The van der Waals surface area contributed by atoms with Crippen LogP contribution >= 0.6 is 81.2 Å². The van der Waals surface area contributed by atoms with E-state index in [0.717, 1.165) is 0 Å². The minimum absolute atomic E-state index is 0.00290. The number of nitrogens with two attached hydrogens (primary N) is 3. The summed E-state index contributed by atoms with van der Waals surface area (Å²) in [6.45, 7) is 34.9. The molecule has 3 atom stereocenters. The minimum Gasteiger partial charge on any atom is -0.395 e. The summed E-state index contributed by atoms with van der Waals surface area (Å²) >= 11 is 43.9. The summed E-state index contributed by atoms with van der Waals surface area (Å²) < 4.78 is 125. The lowest BCUT2D eigenvalue weighted by atomic mass is 10.0. The minimum atomic E-state index is -1.68. The SMILES string of the molecule is C=CC(=O)N1CCN(c2c(C#N)c(=O)n(-c3c(C)ccnc3C(C)C)c3nc(-c4c(F)c(N)c(Cl)c(F)c4F)c(Cl)cc23)C[C@H]1C.C=CC(=O)N1CCN(c2c(C#N)c(=O)n(-c3c(C)ccnc3C(C)C)c3nc(-c4c(F)c(N)c(Cl)c(F)c4F)c(Cl)cc23)C[C@H]1C.C=CC(=O)N1CCN(c2c(C#N)c(=O)n(-c3c(C)ccnc3C(C)C)c3nc(-c4c(F)c(N)c(F)c(Cl)c4Cl)c(Cl)cc23)C[C@H]1C. The van der Waals surface area contributed by atoms with Crippen molar-refractivity contribution in [1.82, 2.24) is 58.3 Å². The van der Waals surface area contributed by atoms with E-state index in [-0.39, 0.29) is 200 Å². The van der Waals surface area contributed by atoms with Crippen LogP contribution in [0, 0.1) is 101 Å². The zero-order valence-electron chi connectivity index (χ0n) is 75.8. The molecule has 0 bridgehead atoms. The molecule has 27 nitrogen and oxygen atoms in total. The molecule has 0 saturated carbocycles. The predicted molar refractivity (Wildman–Crippen MR) is 521 cm³/mol. The number of nitriles is 3. The molecule has 714 valence electrons. The molecule has 15 rings (SSSR count). The molecular weight excluding hydrogens is 1940 g/mol. The molecule has 3 aliphatic heterocycles. The van der Waals surface area contributed by atoms with Crippen LogP contribution in [0.25, 0.3) is 83.9 Å². The number of anilines is 6. The van der Waals surface area contributed by atoms with Gasteiger partial charge in [-0.3, -0.25) is 57.4 Å². The molecular formula is C96H84Cl7F8N21O6. The van der Waals surface area contributed by atoms with Crippen molar-refractivity contribution in [2.45, 2.75) is 119 Å². The van der Waals surface area contributed by atoms with Crippen LogP contribution in [0.1, 0.15) is 131 Å². The van der Waals surface area contributed by atoms with Crippen LogP contribution in [-0.2, 0) is 14.4 Å². The van der Waals surface area contributed by atoms with Gasteiger partial charge in [0.15, 0.2) is 46.5 Å². The monoisotopic (exact) mass is 2020 g/mol. The van der Waals surface area contributed by atoms with Gasteiger partial charge in [0.05, 0.1) is 121 Å². The fourth-order valence-electron chi connectivity index (χ4n) is 17.5. The molecule has 3 aliphatic rings. The number of hydrogen-bond donors (Lipinski definition) is 3. The van der Waals surface area contributed by atoms with Gasteiger partial charge in [-0.1, -0.05) is 142 Å². The van der Waals surface area contributed by atoms with Crippen molar-refractivity contribution >= 4 is 166 Å². The second-order valence-electron chi connectivity index (χ2n) is 33.8. The van der Waals surface area contributed by atoms with E-state index in [0.29, 0.717) is 50.8 Å². The van der Waals surface area contributed by atoms with Gasteiger partial charge in [0.25, 0.3) is 16.7 Å². The number of fused-ring (bicyclic) bond motifs is 3. The third-order valence-corrected chi connectivity index (χ3v) is 26.6. The van der Waals surface area contributed by atoms with Crippen molar-refractivity contribution in [3.05, 3.63) is 256 Å². The third kappa shape index (κ3) is 17.7. The second-order valence-corrected chi connectivity index (χ2v) is 36.5. The third-order valence-electron chi connectivity index (χ3n) is 24.1. The zero-order valence-corrected chi connectivity index (χ0v) is 81.1. The number of amides is 3. The van der Waals surface area contributed by atoms with Crippen molar-refractivity contribution in [2.24, 2.45) is 0 Å². The number of aryl methyl sites for hydroxylation is 3. The van der Waals surface area contributed by atoms with Crippen LogP contribution in [0.2, 0.25) is 35.2 Å². The largest absolute Gasteiger partial charge is 0.395 e. The first kappa shape index (κ1) is 102. The number of pyridine rings is 9. The number of piperazine rings is 3. The van der Waals surface area contributed by atoms with Crippen LogP contribution in [0.5, 0.6) is 0 Å². The molecule has 3 saturated heterocycles. The molecule has 3 amide bonds. The smallest absolute Gasteiger partial charge is 0.276 e. The Morgan fingerprint density at radius 1 is 0.399 bits per heavy atom. The first-order valence-corrected chi connectivity index (χ1v) is 45.2. The van der Waals surface area contributed by atoms with Crippen molar-refractivity contribution in [2.75, 3.05) is 90.8 Å². The molecule has 138 heavy (non-hydrogen) atoms. The number of aromatic nitrogens is 9. The molecule has 0 aliphatic carbocycles. The number of hydrogen-bond acceptors (Lipinski definition) is 21. The normalized spacial score (nSPS) is 15.0. The van der Waals surface area contributed by atoms with Gasteiger partial charge in [0.2, 0.25) is 17.7 Å². The zero-order chi connectivity index (χ0) is 101. The summed E-state index contributed by atoms with van der Waals surface area (Å²) in [5, 5.41) is 28.2. The van der Waals surface area contributed by atoms with Gasteiger partial charge in [-0.15, -0.1) is 0 Å². The number of rotatable bonds is 15. The Labute approximate surface area is 819 Å². The van der Waals surface area contributed by atoms with E-state index in [1.54, 1.807) is 82.1 Å². The molecule has 0 radical (unpaired) electrons. The lowest BCUT2D eigenvalue weighted by molar-refractivity contribution is -0.129. The Hall–Kier alpha value is -13.4. The molecule has 12 heterocycles. The van der Waals surface area contributed by atoms with Crippen molar-refractivity contribution < 1.29 is 49.5 Å². The lowest BCUT2D eigenvalue weighted by Crippen LogP contribution is -2.54. The molecule has 12 aromatic rings. The highest BCUT2D eigenvalue weighted by Crippen LogP contribution is 2.49. The van der Waals surface area contributed by atoms with Crippen molar-refractivity contribution in [1.29, 1.82) is 15.8 Å². The van der Waals surface area contributed by atoms with Crippen LogP contribution in [0.4, 0.5) is 69.2 Å². The van der Waals surface area contributed by atoms with Gasteiger partial charge in [0.1, 0.15) is 67.6 Å². The van der Waals surface area contributed by atoms with Gasteiger partial charge < -0.3 is 46.6 Å². The average molecular weight is 2030 g/mol. The number of carbonyl (C=O) groups excluding carboxylic acids is 3. The van der Waals surface area contributed by atoms with Gasteiger partial charge in [-0.05, 0) is 131 Å². The number of halogens is 15. The lowest BCUT2D eigenvalue weighted by Gasteiger charge is -2.41. The molecule has 3 fully saturated rings. The van der Waals surface area contributed by atoms with E-state index in [9.17, 15) is 57.7 Å². The number of nitrogens with zero attached hydrogens (tertiary/aromatic N) is 18. The number of nitrogen functional groups attached to an aromatic ring is 3. The summed E-state index contributed by atoms with van der Waals surface area (Å²) in [4.78, 5) is 118. The first-order valence-electron chi connectivity index (χ1n) is 42.6. The summed E-state index contributed by atoms with van der Waals surface area (Å²) in [6.07, 6.45) is 8.42. The quantitative estimate of drug-likeness (QED) is 0.0282. The highest BCUT2D eigenvalue weighted by atomic mass is 35.5. The maximum Gasteiger partial charge on any atom is 0.276 e. The fourth-order valence-corrected chi connectivity index (χ4v) is 19.0. The van der Waals surface area contributed by atoms with E-state index in [2.05, 4.69) is 50.7 Å². The molecule has 42 heteroatoms. The van der Waals surface area contributed by atoms with Crippen LogP contribution < -0.4 is 48.6 Å². The Balaban J connectivity index is 0.000000175. The highest BCUT2D eigenvalue weighted by Gasteiger charge is 2.40. The van der Waals surface area contributed by atoms with Crippen molar-refractivity contribution in [3.63, 3.8) is 0 Å². The molecule has 9 aromatic heterocycles. The summed E-state index contributed by atoms with van der Waals surface area (Å²) in [7, 11) is 0. The molecule has 6 N–H and O–H groups in total. The van der Waals surface area contributed by atoms with E-state index in [4.69, 9.17) is 103 Å². The van der Waals surface area contributed by atoms with Crippen LogP contribution in [-0.4, -0.2) is 153 Å². The number of benzene rings is 3. The average Bonchev–Trinajstić information content (AvgIpc) is 0.726. The van der Waals surface area contributed by atoms with Gasteiger partial charge in [-0.2, -0.15) is 15.8 Å². The van der Waals surface area contributed by atoms with Gasteiger partial charge >= 0.3 is 0 Å². The Morgan fingerprint density at radius 2 is 0.667 bits per heavy atom. The molecule has 0 spiro atoms. The maximum absolute atomic E-state index is 15.6. The van der Waals surface area contributed by atoms with E-state index in [1.165, 1.54) is 50.1 Å². The Kier molecular flexibility index (Phi) is 29.8. The Bertz CT molecular complexity index is 6790. The predicted octanol–water partition coefficient (Wildman–Crippen LogP) is 19.4. The maximum atomic E-state index is 15.6. The van der Waals surface area contributed by atoms with E-state index < -0.39 is 128 Å². The summed E-state index contributed by atoms with van der Waals surface area (Å²) in [5.74, 6) is -13.2. The van der Waals surface area contributed by atoms with E-state index >= 15 is 22.0 Å². The van der Waals surface area contributed by atoms with E-state index in [1.807, 2.05) is 79.4 Å². The van der Waals surface area contributed by atoms with Gasteiger partial charge in [-0.25, -0.2) is 50.1 Å². The first-order chi connectivity index (χ1) is 65.2. The van der Waals surface area contributed by atoms with Crippen molar-refractivity contribution in [3.8, 4) is 69.0 Å². The fraction of sp³-hybridized carbons (Fsp3) is 0.281. The van der Waals surface area contributed by atoms with Crippen LogP contribution in [0.15, 0.2) is 107 Å². The summed E-state index contributed by atoms with van der Waals surface area (Å²) in [6, 6.07) is 14.3. The highest BCUT2D eigenvalue weighted by molar-refractivity contribution is 6.45. The van der Waals surface area contributed by atoms with Gasteiger partial charge in [0, 0.05) is 112 Å². The topological polar surface area (TPSA) is 363 Å². The number of carbonyl (C=O) groups is 3. The second kappa shape index (κ2) is 40.3. The molecule has 0 unspecified atom stereocenters. The Morgan fingerprint density at radius 3 is 0.920 bits per heavy atom. The standard InChI is InChI=1S/C32H28Cl3F2N7O2.2C32H28Cl2F3N7O2/c1-6-20(45)43-10-9-42(13-16(43)5)30-17-11-19(33)28(21-22(34)23(35)25(37)26(39)24(21)36)41-31(17)44(32(46)18(30)12-38)29-15(4)7-8-40-27(29)14(2)3;2*1-6-20(45)43-10-9-42(13-16(43)5)30-17-11-19(33)28(21-23(35)25(37)22(34)26(39)24(21)36)41-31(17)44(32(46)18(30)12-38)29-15(4)7-8-40-27(29)14(2)3/h3*6-8,11,14,16H,1,9-10,13,39H2,2-5H3/t3*16-/m111/s1. The summed E-state index contributed by atoms with van der Waals surface area (Å²) in [5.41, 5.74) is 12.5. The van der Waals surface area contributed by atoms with Crippen LogP contribution in [0.3, 0.4) is 0 Å².